The first-order valence-electron chi connectivity index (χ1n) is 7.72. The lowest BCUT2D eigenvalue weighted by Crippen LogP contribution is -2.17. The van der Waals surface area contributed by atoms with Crippen LogP contribution >= 0.6 is 23.2 Å². The SMILES string of the molecule is O=C(Nc1ccc(Cl)cc1[N+](=O)[O-])Oc1ccc(-c2ccccc2)cc1Cl. The Labute approximate surface area is 164 Å². The van der Waals surface area contributed by atoms with Gasteiger partial charge in [0.25, 0.3) is 5.69 Å². The summed E-state index contributed by atoms with van der Waals surface area (Å²) in [5.74, 6) is 0.130. The second-order valence-corrected chi connectivity index (χ2v) is 6.29. The molecule has 0 radical (unpaired) electrons. The van der Waals surface area contributed by atoms with E-state index in [0.29, 0.717) is 0 Å². The normalized spacial score (nSPS) is 10.3. The zero-order chi connectivity index (χ0) is 19.4. The Kier molecular flexibility index (Phi) is 5.59. The number of halogens is 2. The maximum Gasteiger partial charge on any atom is 0.417 e. The number of ether oxygens (including phenoxy) is 1. The molecule has 3 rings (SSSR count). The van der Waals surface area contributed by atoms with E-state index in [0.717, 1.165) is 17.2 Å². The smallest absolute Gasteiger partial charge is 0.408 e. The number of nitrogens with one attached hydrogen (secondary N) is 1. The third-order valence-electron chi connectivity index (χ3n) is 3.63. The van der Waals surface area contributed by atoms with Gasteiger partial charge in [0.2, 0.25) is 0 Å². The van der Waals surface area contributed by atoms with Crippen molar-refractivity contribution in [2.45, 2.75) is 0 Å². The molecule has 0 aromatic heterocycles. The van der Waals surface area contributed by atoms with Gasteiger partial charge in [-0.15, -0.1) is 0 Å². The van der Waals surface area contributed by atoms with Gasteiger partial charge < -0.3 is 4.74 Å². The molecule has 27 heavy (non-hydrogen) atoms. The summed E-state index contributed by atoms with van der Waals surface area (Å²) in [6.45, 7) is 0. The third-order valence-corrected chi connectivity index (χ3v) is 4.17. The third kappa shape index (κ3) is 4.55. The molecule has 1 amide bonds. The number of carbonyl (C=O) groups is 1. The number of hydrogen-bond acceptors (Lipinski definition) is 4. The van der Waals surface area contributed by atoms with Crippen molar-refractivity contribution in [3.8, 4) is 16.9 Å². The van der Waals surface area contributed by atoms with E-state index in [4.69, 9.17) is 27.9 Å². The summed E-state index contributed by atoms with van der Waals surface area (Å²) in [5, 5.41) is 13.8. The summed E-state index contributed by atoms with van der Waals surface area (Å²) in [4.78, 5) is 22.5. The number of hydrogen-bond donors (Lipinski definition) is 1. The average Bonchev–Trinajstić information content (AvgIpc) is 2.65. The van der Waals surface area contributed by atoms with Gasteiger partial charge in [0.1, 0.15) is 5.69 Å². The summed E-state index contributed by atoms with van der Waals surface area (Å²) in [5.41, 5.74) is 1.45. The Morgan fingerprint density at radius 1 is 0.963 bits per heavy atom. The van der Waals surface area contributed by atoms with Gasteiger partial charge in [0, 0.05) is 11.1 Å². The van der Waals surface area contributed by atoms with Crippen molar-refractivity contribution in [3.05, 3.63) is 86.9 Å². The van der Waals surface area contributed by atoms with Crippen molar-refractivity contribution >= 4 is 40.7 Å². The Hall–Kier alpha value is -3.09. The van der Waals surface area contributed by atoms with Crippen molar-refractivity contribution in [1.82, 2.24) is 0 Å². The number of rotatable bonds is 4. The van der Waals surface area contributed by atoms with Crippen molar-refractivity contribution in [2.24, 2.45) is 0 Å². The van der Waals surface area contributed by atoms with Gasteiger partial charge in [-0.1, -0.05) is 59.6 Å². The summed E-state index contributed by atoms with van der Waals surface area (Å²) in [6.07, 6.45) is -0.908. The van der Waals surface area contributed by atoms with Crippen LogP contribution in [0.15, 0.2) is 66.7 Å². The van der Waals surface area contributed by atoms with Gasteiger partial charge in [0.05, 0.1) is 9.95 Å². The number of anilines is 1. The maximum atomic E-state index is 12.1. The first kappa shape index (κ1) is 18.7. The molecule has 0 heterocycles. The topological polar surface area (TPSA) is 81.5 Å². The lowest BCUT2D eigenvalue weighted by Gasteiger charge is -2.10. The molecule has 3 aromatic rings. The van der Waals surface area contributed by atoms with E-state index in [1.165, 1.54) is 12.1 Å². The highest BCUT2D eigenvalue weighted by atomic mass is 35.5. The van der Waals surface area contributed by atoms with Gasteiger partial charge in [-0.05, 0) is 35.4 Å². The zero-order valence-corrected chi connectivity index (χ0v) is 15.2. The molecule has 8 heteroatoms. The Morgan fingerprint density at radius 3 is 2.37 bits per heavy atom. The van der Waals surface area contributed by atoms with Crippen LogP contribution in [0.1, 0.15) is 0 Å². The summed E-state index contributed by atoms with van der Waals surface area (Å²) >= 11 is 11.9. The summed E-state index contributed by atoms with van der Waals surface area (Å²) < 4.78 is 5.17. The van der Waals surface area contributed by atoms with Crippen LogP contribution in [-0.2, 0) is 0 Å². The van der Waals surface area contributed by atoms with Crippen LogP contribution in [0.25, 0.3) is 11.1 Å². The highest BCUT2D eigenvalue weighted by Gasteiger charge is 2.18. The number of benzene rings is 3. The van der Waals surface area contributed by atoms with Gasteiger partial charge in [-0.3, -0.25) is 15.4 Å². The van der Waals surface area contributed by atoms with Gasteiger partial charge >= 0.3 is 6.09 Å². The second-order valence-electron chi connectivity index (χ2n) is 5.44. The molecular formula is C19H12Cl2N2O4. The van der Waals surface area contributed by atoms with Crippen LogP contribution in [-0.4, -0.2) is 11.0 Å². The average molecular weight is 403 g/mol. The molecule has 0 saturated carbocycles. The fourth-order valence-corrected chi connectivity index (χ4v) is 2.78. The van der Waals surface area contributed by atoms with Crippen LogP contribution in [0, 0.1) is 10.1 Å². The lowest BCUT2D eigenvalue weighted by atomic mass is 10.1. The highest BCUT2D eigenvalue weighted by Crippen LogP contribution is 2.31. The molecule has 0 fully saturated rings. The van der Waals surface area contributed by atoms with E-state index >= 15 is 0 Å². The van der Waals surface area contributed by atoms with Crippen LogP contribution in [0.3, 0.4) is 0 Å². The minimum absolute atomic E-state index is 0.0357. The van der Waals surface area contributed by atoms with Gasteiger partial charge in [-0.25, -0.2) is 4.79 Å². The maximum absolute atomic E-state index is 12.1. The molecular weight excluding hydrogens is 391 g/mol. The Bertz CT molecular complexity index is 1010. The molecule has 0 unspecified atom stereocenters. The Morgan fingerprint density at radius 2 is 1.70 bits per heavy atom. The van der Waals surface area contributed by atoms with E-state index in [9.17, 15) is 14.9 Å². The highest BCUT2D eigenvalue weighted by molar-refractivity contribution is 6.32. The number of nitrogens with zero attached hydrogens (tertiary/aromatic N) is 1. The standard InChI is InChI=1S/C19H12Cl2N2O4/c20-14-7-8-16(17(11-14)23(25)26)22-19(24)27-18-9-6-13(10-15(18)21)12-4-2-1-3-5-12/h1-11H,(H,22,24). The van der Waals surface area contributed by atoms with Crippen LogP contribution in [0.4, 0.5) is 16.2 Å². The van der Waals surface area contributed by atoms with Gasteiger partial charge in [-0.2, -0.15) is 0 Å². The number of amides is 1. The van der Waals surface area contributed by atoms with Crippen molar-refractivity contribution in [2.75, 3.05) is 5.32 Å². The van der Waals surface area contributed by atoms with E-state index in [1.807, 2.05) is 30.3 Å². The molecule has 0 spiro atoms. The number of nitro groups is 1. The second kappa shape index (κ2) is 8.07. The van der Waals surface area contributed by atoms with E-state index in [1.54, 1.807) is 18.2 Å². The monoisotopic (exact) mass is 402 g/mol. The molecule has 136 valence electrons. The largest absolute Gasteiger partial charge is 0.417 e. The first-order chi connectivity index (χ1) is 12.9. The van der Waals surface area contributed by atoms with Crippen LogP contribution < -0.4 is 10.1 Å². The predicted molar refractivity (Wildman–Crippen MR) is 105 cm³/mol. The summed E-state index contributed by atoms with van der Waals surface area (Å²) in [7, 11) is 0. The number of nitro benzene ring substituents is 1. The summed E-state index contributed by atoms with van der Waals surface area (Å²) in [6, 6.07) is 18.4. The lowest BCUT2D eigenvalue weighted by molar-refractivity contribution is -0.383. The predicted octanol–water partition coefficient (Wildman–Crippen LogP) is 6.18. The van der Waals surface area contributed by atoms with Crippen molar-refractivity contribution < 1.29 is 14.5 Å². The number of carbonyl (C=O) groups excluding carboxylic acids is 1. The molecule has 0 atom stereocenters. The molecule has 0 aliphatic rings. The molecule has 0 aliphatic heterocycles. The molecule has 3 aromatic carbocycles. The fourth-order valence-electron chi connectivity index (χ4n) is 2.39. The van der Waals surface area contributed by atoms with Crippen molar-refractivity contribution in [3.63, 3.8) is 0 Å². The minimum Gasteiger partial charge on any atom is -0.408 e. The Balaban J connectivity index is 1.76. The quantitative estimate of drug-likeness (QED) is 0.417. The minimum atomic E-state index is -0.908. The first-order valence-corrected chi connectivity index (χ1v) is 8.47. The van der Waals surface area contributed by atoms with E-state index in [2.05, 4.69) is 5.32 Å². The zero-order valence-electron chi connectivity index (χ0n) is 13.7. The van der Waals surface area contributed by atoms with Crippen LogP contribution in [0.2, 0.25) is 10.0 Å². The van der Waals surface area contributed by atoms with Crippen LogP contribution in [0.5, 0.6) is 5.75 Å². The molecule has 6 nitrogen and oxygen atoms in total. The van der Waals surface area contributed by atoms with Gasteiger partial charge in [0.15, 0.2) is 5.75 Å². The molecule has 0 bridgehead atoms. The van der Waals surface area contributed by atoms with Crippen molar-refractivity contribution in [1.29, 1.82) is 0 Å². The fraction of sp³-hybridized carbons (Fsp3) is 0. The molecule has 0 aliphatic carbocycles. The van der Waals surface area contributed by atoms with E-state index in [-0.39, 0.29) is 27.2 Å². The molecule has 0 saturated heterocycles. The molecule has 1 N–H and O–H groups in total. The van der Waals surface area contributed by atoms with E-state index < -0.39 is 11.0 Å².